The number of halogens is 1. The van der Waals surface area contributed by atoms with Crippen LogP contribution in [0.15, 0.2) is 35.3 Å². The number of hydrogen-bond donors (Lipinski definition) is 2. The molecule has 0 saturated heterocycles. The Balaban J connectivity index is 2.37. The third kappa shape index (κ3) is 2.39. The van der Waals surface area contributed by atoms with Crippen molar-refractivity contribution in [3.63, 3.8) is 0 Å². The zero-order valence-electron chi connectivity index (χ0n) is 9.14. The molecule has 0 aliphatic rings. The monoisotopic (exact) mass is 250 g/mol. The van der Waals surface area contributed by atoms with Crippen LogP contribution < -0.4 is 16.6 Å². The highest BCUT2D eigenvalue weighted by molar-refractivity contribution is 6.33. The largest absolute Gasteiger partial charge is 0.399 e. The molecular weight excluding hydrogens is 240 g/mol. The summed E-state index contributed by atoms with van der Waals surface area (Å²) < 4.78 is 1.17. The molecule has 0 spiro atoms. The number of benzene rings is 1. The van der Waals surface area contributed by atoms with Gasteiger partial charge in [-0.2, -0.15) is 5.10 Å². The molecule has 3 N–H and O–H groups in total. The van der Waals surface area contributed by atoms with Crippen molar-refractivity contribution in [1.82, 2.24) is 9.78 Å². The van der Waals surface area contributed by atoms with Crippen molar-refractivity contribution < 1.29 is 0 Å². The van der Waals surface area contributed by atoms with Gasteiger partial charge in [0.05, 0.1) is 11.9 Å². The van der Waals surface area contributed by atoms with E-state index in [0.29, 0.717) is 11.4 Å². The van der Waals surface area contributed by atoms with Gasteiger partial charge in [0.25, 0.3) is 5.56 Å². The van der Waals surface area contributed by atoms with E-state index in [1.54, 1.807) is 25.2 Å². The summed E-state index contributed by atoms with van der Waals surface area (Å²) in [7, 11) is 1.54. The van der Waals surface area contributed by atoms with E-state index in [-0.39, 0.29) is 10.6 Å². The first kappa shape index (κ1) is 11.5. The summed E-state index contributed by atoms with van der Waals surface area (Å²) in [5.74, 6) is 0. The first-order valence-corrected chi connectivity index (χ1v) is 5.30. The SMILES string of the molecule is Cn1ncc(Nc2cccc(N)c2)c(Cl)c1=O. The molecule has 0 aliphatic heterocycles. The summed E-state index contributed by atoms with van der Waals surface area (Å²) in [6.45, 7) is 0. The lowest BCUT2D eigenvalue weighted by molar-refractivity contribution is 0.709. The van der Waals surface area contributed by atoms with E-state index in [4.69, 9.17) is 17.3 Å². The summed E-state index contributed by atoms with van der Waals surface area (Å²) in [4.78, 5) is 11.6. The second-order valence-corrected chi connectivity index (χ2v) is 3.93. The lowest BCUT2D eigenvalue weighted by Crippen LogP contribution is -2.20. The average molecular weight is 251 g/mol. The van der Waals surface area contributed by atoms with Gasteiger partial charge in [0, 0.05) is 18.4 Å². The number of anilines is 3. The highest BCUT2D eigenvalue weighted by atomic mass is 35.5. The molecule has 1 aromatic carbocycles. The van der Waals surface area contributed by atoms with Crippen LogP contribution in [0.4, 0.5) is 17.1 Å². The van der Waals surface area contributed by atoms with Crippen molar-refractivity contribution in [1.29, 1.82) is 0 Å². The van der Waals surface area contributed by atoms with Gasteiger partial charge in [-0.3, -0.25) is 4.79 Å². The third-order valence-electron chi connectivity index (χ3n) is 2.24. The van der Waals surface area contributed by atoms with Crippen LogP contribution in [0.2, 0.25) is 5.02 Å². The highest BCUT2D eigenvalue weighted by Gasteiger charge is 2.07. The number of aromatic nitrogens is 2. The van der Waals surface area contributed by atoms with Crippen LogP contribution in [-0.2, 0) is 7.05 Å². The molecular formula is C11H11ClN4O. The van der Waals surface area contributed by atoms with Crippen LogP contribution >= 0.6 is 11.6 Å². The number of nitrogens with zero attached hydrogens (tertiary/aromatic N) is 2. The molecule has 0 aliphatic carbocycles. The van der Waals surface area contributed by atoms with Gasteiger partial charge in [-0.1, -0.05) is 17.7 Å². The number of nitrogens with two attached hydrogens (primary N) is 1. The van der Waals surface area contributed by atoms with Gasteiger partial charge in [0.1, 0.15) is 5.02 Å². The number of aryl methyl sites for hydroxylation is 1. The Morgan fingerprint density at radius 2 is 2.24 bits per heavy atom. The van der Waals surface area contributed by atoms with Crippen LogP contribution in [0.3, 0.4) is 0 Å². The zero-order valence-corrected chi connectivity index (χ0v) is 9.90. The standard InChI is InChI=1S/C11H11ClN4O/c1-16-11(17)10(12)9(6-14-16)15-8-4-2-3-7(13)5-8/h2-6,15H,13H2,1H3. The van der Waals surface area contributed by atoms with E-state index in [1.165, 1.54) is 10.9 Å². The van der Waals surface area contributed by atoms with E-state index in [9.17, 15) is 4.79 Å². The van der Waals surface area contributed by atoms with Gasteiger partial charge in [0.2, 0.25) is 0 Å². The third-order valence-corrected chi connectivity index (χ3v) is 2.61. The van der Waals surface area contributed by atoms with E-state index < -0.39 is 0 Å². The molecule has 0 radical (unpaired) electrons. The summed E-state index contributed by atoms with van der Waals surface area (Å²) in [6, 6.07) is 7.15. The Labute approximate surface area is 103 Å². The van der Waals surface area contributed by atoms with Gasteiger partial charge in [-0.25, -0.2) is 4.68 Å². The lowest BCUT2D eigenvalue weighted by Gasteiger charge is -2.08. The molecule has 0 bridgehead atoms. The molecule has 0 atom stereocenters. The predicted octanol–water partition coefficient (Wildman–Crippen LogP) is 1.76. The Kier molecular flexibility index (Phi) is 3.01. The molecule has 5 nitrogen and oxygen atoms in total. The topological polar surface area (TPSA) is 72.9 Å². The number of nitrogens with one attached hydrogen (secondary N) is 1. The molecule has 0 amide bonds. The fourth-order valence-electron chi connectivity index (χ4n) is 1.37. The Morgan fingerprint density at radius 1 is 1.47 bits per heavy atom. The number of nitrogen functional groups attached to an aromatic ring is 1. The van der Waals surface area contributed by atoms with Gasteiger partial charge < -0.3 is 11.1 Å². The Bertz CT molecular complexity index is 609. The molecule has 1 heterocycles. The van der Waals surface area contributed by atoms with Crippen LogP contribution in [0.5, 0.6) is 0 Å². The van der Waals surface area contributed by atoms with Crippen molar-refractivity contribution >= 4 is 28.7 Å². The van der Waals surface area contributed by atoms with Crippen LogP contribution in [0.25, 0.3) is 0 Å². The molecule has 0 unspecified atom stereocenters. The second kappa shape index (κ2) is 4.47. The molecule has 17 heavy (non-hydrogen) atoms. The quantitative estimate of drug-likeness (QED) is 0.797. The summed E-state index contributed by atoms with van der Waals surface area (Å²) in [6.07, 6.45) is 1.49. The van der Waals surface area contributed by atoms with Crippen molar-refractivity contribution in [3.8, 4) is 0 Å². The van der Waals surface area contributed by atoms with Crippen molar-refractivity contribution in [2.24, 2.45) is 7.05 Å². The normalized spacial score (nSPS) is 10.2. The summed E-state index contributed by atoms with van der Waals surface area (Å²) in [5.41, 5.74) is 7.14. The summed E-state index contributed by atoms with van der Waals surface area (Å²) in [5, 5.41) is 6.98. The van der Waals surface area contributed by atoms with Crippen molar-refractivity contribution in [3.05, 3.63) is 45.8 Å². The van der Waals surface area contributed by atoms with E-state index in [2.05, 4.69) is 10.4 Å². The smallest absolute Gasteiger partial charge is 0.287 e. The summed E-state index contributed by atoms with van der Waals surface area (Å²) >= 11 is 5.92. The highest BCUT2D eigenvalue weighted by Crippen LogP contribution is 2.22. The molecule has 2 aromatic rings. The number of rotatable bonds is 2. The van der Waals surface area contributed by atoms with Gasteiger partial charge >= 0.3 is 0 Å². The molecule has 0 fully saturated rings. The molecule has 2 rings (SSSR count). The Hall–Kier alpha value is -2.01. The molecule has 1 aromatic heterocycles. The van der Waals surface area contributed by atoms with Crippen LogP contribution in [0.1, 0.15) is 0 Å². The zero-order chi connectivity index (χ0) is 12.4. The van der Waals surface area contributed by atoms with E-state index in [1.807, 2.05) is 6.07 Å². The molecule has 0 saturated carbocycles. The van der Waals surface area contributed by atoms with Crippen molar-refractivity contribution in [2.45, 2.75) is 0 Å². The van der Waals surface area contributed by atoms with Crippen LogP contribution in [-0.4, -0.2) is 9.78 Å². The van der Waals surface area contributed by atoms with Crippen LogP contribution in [0, 0.1) is 0 Å². The minimum atomic E-state index is -0.347. The maximum Gasteiger partial charge on any atom is 0.287 e. The lowest BCUT2D eigenvalue weighted by atomic mass is 10.3. The van der Waals surface area contributed by atoms with Gasteiger partial charge in [0.15, 0.2) is 0 Å². The van der Waals surface area contributed by atoms with Gasteiger partial charge in [-0.15, -0.1) is 0 Å². The molecule has 6 heteroatoms. The van der Waals surface area contributed by atoms with Crippen molar-refractivity contribution in [2.75, 3.05) is 11.1 Å². The fourth-order valence-corrected chi connectivity index (χ4v) is 1.59. The Morgan fingerprint density at radius 3 is 2.94 bits per heavy atom. The maximum atomic E-state index is 11.6. The fraction of sp³-hybridized carbons (Fsp3) is 0.0909. The van der Waals surface area contributed by atoms with E-state index in [0.717, 1.165) is 5.69 Å². The second-order valence-electron chi connectivity index (χ2n) is 3.55. The van der Waals surface area contributed by atoms with E-state index >= 15 is 0 Å². The number of hydrogen-bond acceptors (Lipinski definition) is 4. The minimum absolute atomic E-state index is 0.102. The average Bonchev–Trinajstić information content (AvgIpc) is 2.30. The first-order valence-electron chi connectivity index (χ1n) is 4.92. The minimum Gasteiger partial charge on any atom is -0.399 e. The molecule has 88 valence electrons. The van der Waals surface area contributed by atoms with Gasteiger partial charge in [-0.05, 0) is 18.2 Å². The maximum absolute atomic E-state index is 11.6. The first-order chi connectivity index (χ1) is 8.08. The predicted molar refractivity (Wildman–Crippen MR) is 68.6 cm³/mol.